The molecule has 2 rings (SSSR count). The molecule has 8 nitrogen and oxygen atoms in total. The second-order valence-electron chi connectivity index (χ2n) is 5.94. The van der Waals surface area contributed by atoms with Gasteiger partial charge in [0.25, 0.3) is 5.69 Å². The van der Waals surface area contributed by atoms with Gasteiger partial charge in [-0.25, -0.2) is 0 Å². The van der Waals surface area contributed by atoms with Crippen LogP contribution in [0.1, 0.15) is 16.7 Å². The fraction of sp³-hybridized carbons (Fsp3) is 0.300. The first-order chi connectivity index (χ1) is 13.9. The van der Waals surface area contributed by atoms with E-state index in [1.807, 2.05) is 6.92 Å². The fourth-order valence-corrected chi connectivity index (χ4v) is 3.80. The normalized spacial score (nSPS) is 11.9. The predicted octanol–water partition coefficient (Wildman–Crippen LogP) is 3.86. The van der Waals surface area contributed by atoms with Crippen molar-refractivity contribution in [1.29, 1.82) is 0 Å². The van der Waals surface area contributed by atoms with E-state index in [-0.39, 0.29) is 22.8 Å². The zero-order valence-electron chi connectivity index (χ0n) is 16.9. The van der Waals surface area contributed by atoms with E-state index < -0.39 is 16.1 Å². The summed E-state index contributed by atoms with van der Waals surface area (Å²) in [5.74, 6) is 1.81. The molecule has 0 aliphatic carbocycles. The highest BCUT2D eigenvalue weighted by molar-refractivity contribution is 7.93. The Labute approximate surface area is 172 Å². The molecule has 2 aromatic rings. The van der Waals surface area contributed by atoms with E-state index >= 15 is 0 Å². The standard InChI is InChI=1S/C20H23NO7S/c1-13-17(25-2)7-6-14(20(13)28-5)8-9-29(24)12-15-10-18(26-3)19(27-4)11-16(15)21(22)23/h6-11H,12H2,1-5H3. The number of rotatable bonds is 9. The second kappa shape index (κ2) is 10.0. The molecule has 0 bridgehead atoms. The van der Waals surface area contributed by atoms with Crippen molar-refractivity contribution in [3.63, 3.8) is 0 Å². The van der Waals surface area contributed by atoms with Crippen molar-refractivity contribution < 1.29 is 28.4 Å². The highest BCUT2D eigenvalue weighted by Gasteiger charge is 2.22. The first-order valence-corrected chi connectivity index (χ1v) is 9.90. The van der Waals surface area contributed by atoms with Gasteiger partial charge in [0.1, 0.15) is 22.7 Å². The molecule has 0 saturated carbocycles. The molecular weight excluding hydrogens is 398 g/mol. The number of methoxy groups -OCH3 is 4. The molecule has 0 radical (unpaired) electrons. The minimum absolute atomic E-state index is 0.0510. The maximum atomic E-state index is 12.6. The van der Waals surface area contributed by atoms with Crippen LogP contribution in [0.3, 0.4) is 0 Å². The van der Waals surface area contributed by atoms with Crippen LogP contribution >= 0.6 is 0 Å². The zero-order valence-corrected chi connectivity index (χ0v) is 17.7. The number of nitro benzene ring substituents is 1. The lowest BCUT2D eigenvalue weighted by atomic mass is 10.1. The molecule has 2 aromatic carbocycles. The quantitative estimate of drug-likeness (QED) is 0.344. The van der Waals surface area contributed by atoms with Crippen LogP contribution in [0.25, 0.3) is 6.08 Å². The van der Waals surface area contributed by atoms with Gasteiger partial charge in [-0.15, -0.1) is 0 Å². The second-order valence-corrected chi connectivity index (χ2v) is 7.26. The van der Waals surface area contributed by atoms with Crippen LogP contribution in [0.5, 0.6) is 23.0 Å². The average molecular weight is 421 g/mol. The Morgan fingerprint density at radius 3 is 2.17 bits per heavy atom. The van der Waals surface area contributed by atoms with E-state index in [4.69, 9.17) is 18.9 Å². The Bertz CT molecular complexity index is 914. The van der Waals surface area contributed by atoms with E-state index in [0.29, 0.717) is 17.2 Å². The van der Waals surface area contributed by atoms with Crippen molar-refractivity contribution in [1.82, 2.24) is 0 Å². The number of hydrogen-bond donors (Lipinski definition) is 0. The van der Waals surface area contributed by atoms with Gasteiger partial charge in [-0.2, -0.15) is 0 Å². The van der Waals surface area contributed by atoms with Crippen molar-refractivity contribution in [2.75, 3.05) is 28.4 Å². The van der Waals surface area contributed by atoms with Crippen molar-refractivity contribution in [3.8, 4) is 23.0 Å². The summed E-state index contributed by atoms with van der Waals surface area (Å²) < 4.78 is 33.6. The third-order valence-corrected chi connectivity index (χ3v) is 5.32. The highest BCUT2D eigenvalue weighted by atomic mass is 32.2. The SMILES string of the molecule is COc1cc(C[S+]([O-])C=Cc2ccc(OC)c(C)c2OC)c([N+](=O)[O-])cc1OC. The largest absolute Gasteiger partial charge is 0.612 e. The van der Waals surface area contributed by atoms with Gasteiger partial charge in [0.2, 0.25) is 0 Å². The maximum absolute atomic E-state index is 12.6. The summed E-state index contributed by atoms with van der Waals surface area (Å²) in [5.41, 5.74) is 1.65. The molecule has 0 spiro atoms. The molecule has 0 saturated heterocycles. The van der Waals surface area contributed by atoms with Crippen molar-refractivity contribution in [2.45, 2.75) is 12.7 Å². The number of nitrogens with zero attached hydrogens (tertiary/aromatic N) is 1. The minimum Gasteiger partial charge on any atom is -0.612 e. The molecule has 1 atom stereocenters. The van der Waals surface area contributed by atoms with E-state index in [1.165, 1.54) is 31.8 Å². The van der Waals surface area contributed by atoms with Gasteiger partial charge < -0.3 is 23.5 Å². The smallest absolute Gasteiger partial charge is 0.281 e. The molecule has 0 fully saturated rings. The fourth-order valence-electron chi connectivity index (χ4n) is 2.86. The first kappa shape index (κ1) is 22.4. The van der Waals surface area contributed by atoms with Crippen LogP contribution in [-0.4, -0.2) is 37.9 Å². The van der Waals surface area contributed by atoms with Crippen LogP contribution in [0, 0.1) is 17.0 Å². The molecule has 156 valence electrons. The van der Waals surface area contributed by atoms with Crippen LogP contribution in [0.4, 0.5) is 5.69 Å². The van der Waals surface area contributed by atoms with Gasteiger partial charge in [0, 0.05) is 11.1 Å². The van der Waals surface area contributed by atoms with Gasteiger partial charge in [-0.05, 0) is 42.4 Å². The Balaban J connectivity index is 2.30. The minimum atomic E-state index is -1.51. The summed E-state index contributed by atoms with van der Waals surface area (Å²) >= 11 is -1.51. The summed E-state index contributed by atoms with van der Waals surface area (Å²) in [6, 6.07) is 6.32. The zero-order chi connectivity index (χ0) is 21.6. The lowest BCUT2D eigenvalue weighted by Gasteiger charge is -2.13. The lowest BCUT2D eigenvalue weighted by Crippen LogP contribution is -2.05. The number of nitro groups is 1. The van der Waals surface area contributed by atoms with E-state index in [1.54, 1.807) is 32.4 Å². The molecule has 0 aliphatic heterocycles. The van der Waals surface area contributed by atoms with Gasteiger partial charge >= 0.3 is 0 Å². The number of ether oxygens (including phenoxy) is 4. The molecule has 1 unspecified atom stereocenters. The summed E-state index contributed by atoms with van der Waals surface area (Å²) in [4.78, 5) is 10.9. The van der Waals surface area contributed by atoms with Crippen molar-refractivity contribution >= 4 is 22.9 Å². The van der Waals surface area contributed by atoms with Crippen LogP contribution in [-0.2, 0) is 16.9 Å². The summed E-state index contributed by atoms with van der Waals surface area (Å²) in [6.07, 6.45) is 1.66. The topological polar surface area (TPSA) is 103 Å². The highest BCUT2D eigenvalue weighted by Crippen LogP contribution is 2.36. The van der Waals surface area contributed by atoms with Crippen LogP contribution in [0.15, 0.2) is 29.7 Å². The molecule has 0 heterocycles. The van der Waals surface area contributed by atoms with Gasteiger partial charge in [-0.3, -0.25) is 10.1 Å². The summed E-state index contributed by atoms with van der Waals surface area (Å²) in [6.45, 7) is 1.86. The van der Waals surface area contributed by atoms with Gasteiger partial charge in [-0.1, -0.05) is 0 Å². The van der Waals surface area contributed by atoms with E-state index in [9.17, 15) is 14.7 Å². The Hall–Kier alpha value is -2.91. The Morgan fingerprint density at radius 1 is 1.00 bits per heavy atom. The van der Waals surface area contributed by atoms with E-state index in [0.717, 1.165) is 11.1 Å². The Morgan fingerprint density at radius 2 is 1.62 bits per heavy atom. The third kappa shape index (κ3) is 5.12. The van der Waals surface area contributed by atoms with Crippen molar-refractivity contribution in [2.24, 2.45) is 0 Å². The molecule has 0 aliphatic rings. The average Bonchev–Trinajstić information content (AvgIpc) is 2.71. The monoisotopic (exact) mass is 421 g/mol. The molecule has 9 heteroatoms. The van der Waals surface area contributed by atoms with E-state index in [2.05, 4.69) is 0 Å². The molecular formula is C20H23NO7S. The van der Waals surface area contributed by atoms with Gasteiger partial charge in [0.05, 0.1) is 45.0 Å². The summed E-state index contributed by atoms with van der Waals surface area (Å²) in [7, 11) is 5.94. The number of hydrogen-bond acceptors (Lipinski definition) is 7. The van der Waals surface area contributed by atoms with Gasteiger partial charge in [0.15, 0.2) is 11.5 Å². The molecule has 29 heavy (non-hydrogen) atoms. The third-order valence-electron chi connectivity index (χ3n) is 4.29. The maximum Gasteiger partial charge on any atom is 0.281 e. The molecule has 0 aromatic heterocycles. The predicted molar refractivity (Wildman–Crippen MR) is 111 cm³/mol. The van der Waals surface area contributed by atoms with Crippen LogP contribution < -0.4 is 18.9 Å². The molecule has 0 N–H and O–H groups in total. The first-order valence-electron chi connectivity index (χ1n) is 8.52. The Kier molecular flexibility index (Phi) is 7.74. The number of benzene rings is 2. The summed E-state index contributed by atoms with van der Waals surface area (Å²) in [5, 5.41) is 12.9. The van der Waals surface area contributed by atoms with Crippen molar-refractivity contribution in [3.05, 3.63) is 56.5 Å². The lowest BCUT2D eigenvalue weighted by molar-refractivity contribution is -0.385. The van der Waals surface area contributed by atoms with Crippen LogP contribution in [0.2, 0.25) is 0 Å². The molecule has 0 amide bonds.